The number of pyridine rings is 1. The molecule has 0 amide bonds. The van der Waals surface area contributed by atoms with E-state index in [1.807, 2.05) is 12.1 Å². The number of methoxy groups -OCH3 is 3. The highest BCUT2D eigenvalue weighted by Crippen LogP contribution is 2.49. The zero-order valence-corrected chi connectivity index (χ0v) is 13.5. The van der Waals surface area contributed by atoms with Crippen LogP contribution >= 0.6 is 0 Å². The number of nitrogens with zero attached hydrogens (tertiary/aromatic N) is 1. The van der Waals surface area contributed by atoms with Crippen LogP contribution in [0.25, 0.3) is 11.1 Å². The predicted molar refractivity (Wildman–Crippen MR) is 86.1 cm³/mol. The van der Waals surface area contributed by atoms with Gasteiger partial charge in [0.25, 0.3) is 0 Å². The fourth-order valence-electron chi connectivity index (χ4n) is 2.68. The number of rotatable bonds is 5. The number of ether oxygens (including phenoxy) is 3. The molecular weight excluding hydrogens is 294 g/mol. The highest BCUT2D eigenvalue weighted by atomic mass is 16.5. The second kappa shape index (κ2) is 6.28. The molecule has 0 atom stereocenters. The highest BCUT2D eigenvalue weighted by Gasteiger charge is 2.29. The lowest BCUT2D eigenvalue weighted by Gasteiger charge is -2.15. The van der Waals surface area contributed by atoms with Crippen molar-refractivity contribution in [3.05, 3.63) is 41.7 Å². The third-order valence-corrected chi connectivity index (χ3v) is 4.01. The molecule has 2 aromatic rings. The Morgan fingerprint density at radius 1 is 1.09 bits per heavy atom. The first kappa shape index (κ1) is 15.3. The van der Waals surface area contributed by atoms with Gasteiger partial charge >= 0.3 is 5.97 Å². The first-order valence-electron chi connectivity index (χ1n) is 7.48. The van der Waals surface area contributed by atoms with Gasteiger partial charge in [-0.1, -0.05) is 0 Å². The summed E-state index contributed by atoms with van der Waals surface area (Å²) in [5, 5.41) is 0. The summed E-state index contributed by atoms with van der Waals surface area (Å²) in [6.07, 6.45) is 3.93. The maximum Gasteiger partial charge on any atom is 0.356 e. The van der Waals surface area contributed by atoms with Crippen LogP contribution in [-0.2, 0) is 4.74 Å². The standard InChI is InChI=1S/C18H19NO4/c1-21-16-10-13(8-14(11-4-5-11)17(16)22-2)12-6-7-19-15(9-12)18(20)23-3/h6-11H,4-5H2,1-3H3. The minimum atomic E-state index is -0.449. The number of carbonyl (C=O) groups excluding carboxylic acids is 1. The molecule has 1 saturated carbocycles. The summed E-state index contributed by atoms with van der Waals surface area (Å²) in [6.45, 7) is 0. The third kappa shape index (κ3) is 2.99. The Kier molecular flexibility index (Phi) is 4.19. The van der Waals surface area contributed by atoms with E-state index in [0.717, 1.165) is 35.3 Å². The van der Waals surface area contributed by atoms with Crippen molar-refractivity contribution in [2.24, 2.45) is 0 Å². The predicted octanol–water partition coefficient (Wildman–Crippen LogP) is 3.43. The van der Waals surface area contributed by atoms with E-state index in [0.29, 0.717) is 11.7 Å². The molecule has 0 unspecified atom stereocenters. The summed E-state index contributed by atoms with van der Waals surface area (Å²) in [7, 11) is 4.63. The van der Waals surface area contributed by atoms with Gasteiger partial charge in [-0.05, 0) is 54.2 Å². The Hall–Kier alpha value is -2.56. The van der Waals surface area contributed by atoms with Gasteiger partial charge in [0.1, 0.15) is 5.69 Å². The van der Waals surface area contributed by atoms with Gasteiger partial charge in [0.15, 0.2) is 11.5 Å². The van der Waals surface area contributed by atoms with Crippen LogP contribution in [0.5, 0.6) is 11.5 Å². The summed E-state index contributed by atoms with van der Waals surface area (Å²) in [6, 6.07) is 7.62. The van der Waals surface area contributed by atoms with Crippen molar-refractivity contribution >= 4 is 5.97 Å². The Bertz CT molecular complexity index is 738. The van der Waals surface area contributed by atoms with Crippen LogP contribution in [0, 0.1) is 0 Å². The molecule has 0 saturated heterocycles. The maximum absolute atomic E-state index is 11.7. The van der Waals surface area contributed by atoms with Gasteiger partial charge in [-0.3, -0.25) is 0 Å². The number of aromatic nitrogens is 1. The lowest BCUT2D eigenvalue weighted by Crippen LogP contribution is -2.04. The molecule has 0 spiro atoms. The fourth-order valence-corrected chi connectivity index (χ4v) is 2.68. The Morgan fingerprint density at radius 2 is 1.87 bits per heavy atom. The van der Waals surface area contributed by atoms with Gasteiger partial charge in [0.05, 0.1) is 21.3 Å². The molecule has 3 rings (SSSR count). The molecule has 120 valence electrons. The third-order valence-electron chi connectivity index (χ3n) is 4.01. The molecule has 1 aliphatic carbocycles. The quantitative estimate of drug-likeness (QED) is 0.792. The SMILES string of the molecule is COC(=O)c1cc(-c2cc(OC)c(OC)c(C3CC3)c2)ccn1. The number of benzene rings is 1. The van der Waals surface area contributed by atoms with Gasteiger partial charge in [0, 0.05) is 11.8 Å². The van der Waals surface area contributed by atoms with Gasteiger partial charge < -0.3 is 14.2 Å². The molecule has 0 aliphatic heterocycles. The number of carbonyl (C=O) groups is 1. The number of esters is 1. The van der Waals surface area contributed by atoms with E-state index in [-0.39, 0.29) is 5.69 Å². The zero-order chi connectivity index (χ0) is 16.4. The van der Waals surface area contributed by atoms with Crippen molar-refractivity contribution in [3.63, 3.8) is 0 Å². The lowest BCUT2D eigenvalue weighted by atomic mass is 9.99. The summed E-state index contributed by atoms with van der Waals surface area (Å²) in [4.78, 5) is 15.7. The van der Waals surface area contributed by atoms with Crippen molar-refractivity contribution in [1.82, 2.24) is 4.98 Å². The van der Waals surface area contributed by atoms with Crippen molar-refractivity contribution in [2.45, 2.75) is 18.8 Å². The monoisotopic (exact) mass is 313 g/mol. The van der Waals surface area contributed by atoms with Crippen molar-refractivity contribution in [2.75, 3.05) is 21.3 Å². The van der Waals surface area contributed by atoms with Gasteiger partial charge in [-0.15, -0.1) is 0 Å². The second-order valence-electron chi connectivity index (χ2n) is 5.50. The Labute approximate surface area is 135 Å². The Morgan fingerprint density at radius 3 is 2.48 bits per heavy atom. The number of hydrogen-bond acceptors (Lipinski definition) is 5. The lowest BCUT2D eigenvalue weighted by molar-refractivity contribution is 0.0594. The van der Waals surface area contributed by atoms with Crippen LogP contribution < -0.4 is 9.47 Å². The topological polar surface area (TPSA) is 57.7 Å². The van der Waals surface area contributed by atoms with Crippen LogP contribution in [0.3, 0.4) is 0 Å². The molecule has 23 heavy (non-hydrogen) atoms. The molecule has 0 bridgehead atoms. The maximum atomic E-state index is 11.7. The average molecular weight is 313 g/mol. The molecular formula is C18H19NO4. The van der Waals surface area contributed by atoms with E-state index in [9.17, 15) is 4.79 Å². The highest BCUT2D eigenvalue weighted by molar-refractivity contribution is 5.88. The smallest absolute Gasteiger partial charge is 0.356 e. The molecule has 1 aromatic heterocycles. The average Bonchev–Trinajstić information content (AvgIpc) is 3.44. The van der Waals surface area contributed by atoms with E-state index < -0.39 is 5.97 Å². The molecule has 5 heteroatoms. The second-order valence-corrected chi connectivity index (χ2v) is 5.50. The molecule has 1 aromatic carbocycles. The molecule has 0 radical (unpaired) electrons. The van der Waals surface area contributed by atoms with Crippen molar-refractivity contribution < 1.29 is 19.0 Å². The van der Waals surface area contributed by atoms with Crippen LogP contribution in [0.1, 0.15) is 34.8 Å². The molecule has 1 heterocycles. The molecule has 1 fully saturated rings. The number of hydrogen-bond donors (Lipinski definition) is 0. The Balaban J connectivity index is 2.09. The van der Waals surface area contributed by atoms with E-state index in [2.05, 4.69) is 11.1 Å². The van der Waals surface area contributed by atoms with Gasteiger partial charge in [-0.25, -0.2) is 9.78 Å². The summed E-state index contributed by atoms with van der Waals surface area (Å²) < 4.78 is 15.7. The van der Waals surface area contributed by atoms with Crippen molar-refractivity contribution in [3.8, 4) is 22.6 Å². The van der Waals surface area contributed by atoms with Crippen LogP contribution in [0.4, 0.5) is 0 Å². The van der Waals surface area contributed by atoms with E-state index in [4.69, 9.17) is 14.2 Å². The minimum Gasteiger partial charge on any atom is -0.493 e. The van der Waals surface area contributed by atoms with E-state index >= 15 is 0 Å². The van der Waals surface area contributed by atoms with Gasteiger partial charge in [-0.2, -0.15) is 0 Å². The van der Waals surface area contributed by atoms with Crippen LogP contribution in [-0.4, -0.2) is 32.3 Å². The van der Waals surface area contributed by atoms with Gasteiger partial charge in [0.2, 0.25) is 0 Å². The van der Waals surface area contributed by atoms with Crippen LogP contribution in [0.2, 0.25) is 0 Å². The molecule has 1 aliphatic rings. The normalized spacial score (nSPS) is 13.5. The van der Waals surface area contributed by atoms with Crippen molar-refractivity contribution in [1.29, 1.82) is 0 Å². The van der Waals surface area contributed by atoms with E-state index in [1.165, 1.54) is 7.11 Å². The zero-order valence-electron chi connectivity index (χ0n) is 13.5. The summed E-state index contributed by atoms with van der Waals surface area (Å²) in [5.74, 6) is 1.56. The minimum absolute atomic E-state index is 0.285. The fraction of sp³-hybridized carbons (Fsp3) is 0.333. The van der Waals surface area contributed by atoms with Crippen LogP contribution in [0.15, 0.2) is 30.5 Å². The molecule has 5 nitrogen and oxygen atoms in total. The van der Waals surface area contributed by atoms with E-state index in [1.54, 1.807) is 26.5 Å². The first-order valence-corrected chi connectivity index (χ1v) is 7.48. The molecule has 0 N–H and O–H groups in total. The first-order chi connectivity index (χ1) is 11.2. The largest absolute Gasteiger partial charge is 0.493 e. The summed E-state index contributed by atoms with van der Waals surface area (Å²) >= 11 is 0. The summed E-state index contributed by atoms with van der Waals surface area (Å²) in [5.41, 5.74) is 3.30.